The molecule has 0 saturated heterocycles. The van der Waals surface area contributed by atoms with Gasteiger partial charge in [0, 0.05) is 23.6 Å². The second-order valence-electron chi connectivity index (χ2n) is 4.96. The van der Waals surface area contributed by atoms with Gasteiger partial charge in [-0.2, -0.15) is 0 Å². The summed E-state index contributed by atoms with van der Waals surface area (Å²) in [5.41, 5.74) is 10.00. The van der Waals surface area contributed by atoms with Crippen molar-refractivity contribution in [3.63, 3.8) is 0 Å². The SMILES string of the molecule is Cn1c(CCc2ccc(N)cc2)nc2cc(Br)ccc21. The van der Waals surface area contributed by atoms with Gasteiger partial charge in [-0.25, -0.2) is 4.98 Å². The first-order valence-electron chi connectivity index (χ1n) is 6.59. The Hall–Kier alpha value is -1.81. The fraction of sp³-hybridized carbons (Fsp3) is 0.188. The van der Waals surface area contributed by atoms with E-state index in [9.17, 15) is 0 Å². The number of aromatic nitrogens is 2. The number of halogens is 1. The molecule has 0 radical (unpaired) electrons. The lowest BCUT2D eigenvalue weighted by atomic mass is 10.1. The van der Waals surface area contributed by atoms with Crippen molar-refractivity contribution in [1.82, 2.24) is 9.55 Å². The second-order valence-corrected chi connectivity index (χ2v) is 5.88. The number of fused-ring (bicyclic) bond motifs is 1. The van der Waals surface area contributed by atoms with Crippen molar-refractivity contribution in [3.8, 4) is 0 Å². The van der Waals surface area contributed by atoms with Crippen LogP contribution < -0.4 is 5.73 Å². The number of anilines is 1. The number of benzene rings is 2. The van der Waals surface area contributed by atoms with Crippen molar-refractivity contribution in [2.24, 2.45) is 7.05 Å². The summed E-state index contributed by atoms with van der Waals surface area (Å²) in [6, 6.07) is 14.3. The number of nitrogens with two attached hydrogens (primary N) is 1. The largest absolute Gasteiger partial charge is 0.399 e. The summed E-state index contributed by atoms with van der Waals surface area (Å²) in [7, 11) is 2.07. The van der Waals surface area contributed by atoms with Crippen LogP contribution in [0.4, 0.5) is 5.69 Å². The van der Waals surface area contributed by atoms with Crippen LogP contribution in [0, 0.1) is 0 Å². The van der Waals surface area contributed by atoms with Crippen molar-refractivity contribution in [2.75, 3.05) is 5.73 Å². The summed E-state index contributed by atoms with van der Waals surface area (Å²) in [4.78, 5) is 4.71. The lowest BCUT2D eigenvalue weighted by Gasteiger charge is -2.03. The van der Waals surface area contributed by atoms with Gasteiger partial charge in [0.15, 0.2) is 0 Å². The zero-order valence-corrected chi connectivity index (χ0v) is 12.9. The molecular weight excluding hydrogens is 314 g/mol. The molecule has 2 N–H and O–H groups in total. The van der Waals surface area contributed by atoms with E-state index in [1.165, 1.54) is 11.1 Å². The predicted molar refractivity (Wildman–Crippen MR) is 86.7 cm³/mol. The number of nitrogen functional groups attached to an aromatic ring is 1. The Balaban J connectivity index is 1.84. The molecule has 0 aliphatic heterocycles. The van der Waals surface area contributed by atoms with Crippen LogP contribution in [0.1, 0.15) is 11.4 Å². The highest BCUT2D eigenvalue weighted by Gasteiger charge is 2.08. The molecular formula is C16H16BrN3. The Morgan fingerprint density at radius 3 is 2.60 bits per heavy atom. The maximum Gasteiger partial charge on any atom is 0.109 e. The van der Waals surface area contributed by atoms with Crippen LogP contribution in [0.5, 0.6) is 0 Å². The lowest BCUT2D eigenvalue weighted by molar-refractivity contribution is 0.787. The molecule has 0 aliphatic carbocycles. The van der Waals surface area contributed by atoms with Gasteiger partial charge < -0.3 is 10.3 Å². The third-order valence-corrected chi connectivity index (χ3v) is 4.05. The van der Waals surface area contributed by atoms with Gasteiger partial charge in [0.25, 0.3) is 0 Å². The van der Waals surface area contributed by atoms with E-state index in [0.29, 0.717) is 0 Å². The summed E-state index contributed by atoms with van der Waals surface area (Å²) >= 11 is 3.49. The minimum absolute atomic E-state index is 0.807. The van der Waals surface area contributed by atoms with Crippen molar-refractivity contribution in [2.45, 2.75) is 12.8 Å². The summed E-state index contributed by atoms with van der Waals surface area (Å²) in [5, 5.41) is 0. The van der Waals surface area contributed by atoms with E-state index in [4.69, 9.17) is 10.7 Å². The van der Waals surface area contributed by atoms with E-state index < -0.39 is 0 Å². The Bertz CT molecular complexity index is 744. The van der Waals surface area contributed by atoms with Crippen LogP contribution in [0.25, 0.3) is 11.0 Å². The molecule has 4 heteroatoms. The molecule has 0 fully saturated rings. The smallest absolute Gasteiger partial charge is 0.109 e. The van der Waals surface area contributed by atoms with Gasteiger partial charge in [-0.05, 0) is 42.3 Å². The second kappa shape index (κ2) is 5.29. The first-order valence-corrected chi connectivity index (χ1v) is 7.38. The van der Waals surface area contributed by atoms with Gasteiger partial charge in [0.2, 0.25) is 0 Å². The summed E-state index contributed by atoms with van der Waals surface area (Å²) in [6.07, 6.45) is 1.89. The molecule has 2 aromatic carbocycles. The summed E-state index contributed by atoms with van der Waals surface area (Å²) in [5.74, 6) is 1.11. The first-order chi connectivity index (χ1) is 9.63. The molecule has 0 atom stereocenters. The van der Waals surface area contributed by atoms with Crippen LogP contribution in [0.15, 0.2) is 46.9 Å². The van der Waals surface area contributed by atoms with Gasteiger partial charge in [-0.15, -0.1) is 0 Å². The molecule has 0 bridgehead atoms. The molecule has 0 saturated carbocycles. The van der Waals surface area contributed by atoms with E-state index in [0.717, 1.165) is 34.3 Å². The van der Waals surface area contributed by atoms with Crippen LogP contribution in [0.3, 0.4) is 0 Å². The average Bonchev–Trinajstić information content (AvgIpc) is 2.74. The first kappa shape index (κ1) is 13.2. The predicted octanol–water partition coefficient (Wildman–Crippen LogP) is 3.70. The number of imidazole rings is 1. The van der Waals surface area contributed by atoms with Gasteiger partial charge in [-0.3, -0.25) is 0 Å². The van der Waals surface area contributed by atoms with Crippen molar-refractivity contribution < 1.29 is 0 Å². The highest BCUT2D eigenvalue weighted by Crippen LogP contribution is 2.20. The van der Waals surface area contributed by atoms with Gasteiger partial charge >= 0.3 is 0 Å². The molecule has 3 nitrogen and oxygen atoms in total. The molecule has 0 amide bonds. The molecule has 0 spiro atoms. The average molecular weight is 330 g/mol. The Kier molecular flexibility index (Phi) is 3.49. The summed E-state index contributed by atoms with van der Waals surface area (Å²) < 4.78 is 3.23. The molecule has 102 valence electrons. The number of hydrogen-bond donors (Lipinski definition) is 1. The molecule has 20 heavy (non-hydrogen) atoms. The quantitative estimate of drug-likeness (QED) is 0.744. The standard InChI is InChI=1S/C16H16BrN3/c1-20-15-8-5-12(17)10-14(15)19-16(20)9-4-11-2-6-13(18)7-3-11/h2-3,5-8,10H,4,9,18H2,1H3. The Labute approximate surface area is 126 Å². The minimum Gasteiger partial charge on any atom is -0.399 e. The monoisotopic (exact) mass is 329 g/mol. The molecule has 1 aromatic heterocycles. The number of rotatable bonds is 3. The van der Waals surface area contributed by atoms with Crippen LogP contribution in [-0.2, 0) is 19.9 Å². The minimum atomic E-state index is 0.807. The van der Waals surface area contributed by atoms with Crippen molar-refractivity contribution >= 4 is 32.7 Å². The third-order valence-electron chi connectivity index (χ3n) is 3.55. The van der Waals surface area contributed by atoms with Crippen LogP contribution in [0.2, 0.25) is 0 Å². The number of aryl methyl sites for hydroxylation is 3. The lowest BCUT2D eigenvalue weighted by Crippen LogP contribution is -2.00. The fourth-order valence-electron chi connectivity index (χ4n) is 2.39. The third kappa shape index (κ3) is 2.56. The van der Waals surface area contributed by atoms with E-state index in [2.05, 4.69) is 51.8 Å². The van der Waals surface area contributed by atoms with E-state index in [-0.39, 0.29) is 0 Å². The highest BCUT2D eigenvalue weighted by atomic mass is 79.9. The Morgan fingerprint density at radius 2 is 1.85 bits per heavy atom. The molecule has 1 heterocycles. The number of hydrogen-bond acceptors (Lipinski definition) is 2. The topological polar surface area (TPSA) is 43.8 Å². The van der Waals surface area contributed by atoms with Crippen LogP contribution in [-0.4, -0.2) is 9.55 Å². The molecule has 0 unspecified atom stereocenters. The van der Waals surface area contributed by atoms with Gasteiger partial charge in [0.05, 0.1) is 11.0 Å². The summed E-state index contributed by atoms with van der Waals surface area (Å²) in [6.45, 7) is 0. The maximum atomic E-state index is 5.70. The molecule has 3 rings (SSSR count). The van der Waals surface area contributed by atoms with E-state index in [1.807, 2.05) is 18.2 Å². The van der Waals surface area contributed by atoms with Gasteiger partial charge in [-0.1, -0.05) is 28.1 Å². The van der Waals surface area contributed by atoms with Crippen molar-refractivity contribution in [3.05, 3.63) is 58.3 Å². The molecule has 3 aromatic rings. The van der Waals surface area contributed by atoms with Gasteiger partial charge in [0.1, 0.15) is 5.82 Å². The highest BCUT2D eigenvalue weighted by molar-refractivity contribution is 9.10. The zero-order chi connectivity index (χ0) is 14.1. The van der Waals surface area contributed by atoms with E-state index >= 15 is 0 Å². The Morgan fingerprint density at radius 1 is 1.10 bits per heavy atom. The fourth-order valence-corrected chi connectivity index (χ4v) is 2.74. The maximum absolute atomic E-state index is 5.70. The molecule has 0 aliphatic rings. The van der Waals surface area contributed by atoms with Crippen LogP contribution >= 0.6 is 15.9 Å². The normalized spacial score (nSPS) is 11.1. The van der Waals surface area contributed by atoms with Crippen molar-refractivity contribution in [1.29, 1.82) is 0 Å². The zero-order valence-electron chi connectivity index (χ0n) is 11.3. The van der Waals surface area contributed by atoms with E-state index in [1.54, 1.807) is 0 Å². The number of nitrogens with zero attached hydrogens (tertiary/aromatic N) is 2.